The zero-order chi connectivity index (χ0) is 17.9. The maximum absolute atomic E-state index is 12.5. The van der Waals surface area contributed by atoms with Gasteiger partial charge < -0.3 is 0 Å². The van der Waals surface area contributed by atoms with E-state index in [1.807, 2.05) is 0 Å². The summed E-state index contributed by atoms with van der Waals surface area (Å²) in [7, 11) is -11.9. The molecule has 0 aliphatic rings. The predicted octanol–water partition coefficient (Wildman–Crippen LogP) is 9.27. The summed E-state index contributed by atoms with van der Waals surface area (Å²) < 4.78 is 187. The first-order chi connectivity index (χ1) is 8.62. The summed E-state index contributed by atoms with van der Waals surface area (Å²) in [6, 6.07) is 0. The van der Waals surface area contributed by atoms with Crippen molar-refractivity contribution < 1.29 is 72.5 Å². The fraction of sp³-hybridized carbons (Fsp3) is 0. The molecule has 0 spiro atoms. The molecule has 0 aromatic heterocycles. The second-order valence-electron chi connectivity index (χ2n) is 2.96. The van der Waals surface area contributed by atoms with Crippen molar-refractivity contribution in [2.24, 2.45) is 0 Å². The van der Waals surface area contributed by atoms with Gasteiger partial charge in [0.05, 0.1) is 0 Å². The topological polar surface area (TPSA) is 0 Å². The molecule has 0 unspecified atom stereocenters. The van der Waals surface area contributed by atoms with E-state index in [0.717, 1.165) is 0 Å². The van der Waals surface area contributed by atoms with Gasteiger partial charge in [-0.1, -0.05) is 0 Å². The van der Waals surface area contributed by atoms with E-state index in [0.29, 0.717) is 0 Å². The van der Waals surface area contributed by atoms with Crippen LogP contribution < -0.4 is 0 Å². The average molecular weight is 501 g/mol. The molecule has 0 bridgehead atoms. The van der Waals surface area contributed by atoms with Crippen molar-refractivity contribution in [3.05, 3.63) is 0 Å². The fourth-order valence-electron chi connectivity index (χ4n) is 1.14. The molecular formula is H5F15FeP5. The third-order valence-electron chi connectivity index (χ3n) is 2.00. The molecule has 0 heterocycles. The van der Waals surface area contributed by atoms with Crippen molar-refractivity contribution in [2.75, 3.05) is 0 Å². The first-order valence-electron chi connectivity index (χ1n) is 3.72. The quantitative estimate of drug-likeness (QED) is 0.200. The summed E-state index contributed by atoms with van der Waals surface area (Å²) in [4.78, 5) is 0. The summed E-state index contributed by atoms with van der Waals surface area (Å²) in [6.07, 6.45) is 0. The monoisotopic (exact) mass is 501 g/mol. The second kappa shape index (κ2) is 5.31. The van der Waals surface area contributed by atoms with Crippen LogP contribution in [0.1, 0.15) is 0 Å². The fourth-order valence-corrected chi connectivity index (χ4v) is 42.2. The number of halogens is 15. The summed E-state index contributed by atoms with van der Waals surface area (Å²) >= 11 is 0. The van der Waals surface area contributed by atoms with Gasteiger partial charge in [-0.25, -0.2) is 0 Å². The van der Waals surface area contributed by atoms with Crippen molar-refractivity contribution in [3.8, 4) is 0 Å². The Labute approximate surface area is 107 Å². The van der Waals surface area contributed by atoms with Gasteiger partial charge in [0.25, 0.3) is 0 Å². The minimum atomic E-state index is -11.9. The van der Waals surface area contributed by atoms with Crippen molar-refractivity contribution in [2.45, 2.75) is 0 Å². The van der Waals surface area contributed by atoms with Gasteiger partial charge in [-0.15, -0.1) is 0 Å². The van der Waals surface area contributed by atoms with Crippen LogP contribution in [0.2, 0.25) is 0 Å². The summed E-state index contributed by atoms with van der Waals surface area (Å²) in [5.74, 6) is 0. The molecule has 0 rings (SSSR count). The van der Waals surface area contributed by atoms with Gasteiger partial charge in [-0.05, 0) is 0 Å². The van der Waals surface area contributed by atoms with Crippen LogP contribution in [0.4, 0.5) is 63.0 Å². The standard InChI is InChI=1S/5F3HP.Fe/c5*1-4(2)3;/h5*4H;/q5*+1;-5. The number of hydrogen-bond donors (Lipinski definition) is 0. The van der Waals surface area contributed by atoms with Crippen LogP contribution in [0.25, 0.3) is 0 Å². The molecule has 143 valence electrons. The molecule has 21 heavy (non-hydrogen) atoms. The summed E-state index contributed by atoms with van der Waals surface area (Å²) in [5, 5.41) is 0. The number of hydrogen-bond acceptors (Lipinski definition) is 0. The normalized spacial score (nSPS) is 22.1. The molecule has 0 radical (unpaired) electrons. The van der Waals surface area contributed by atoms with Crippen LogP contribution in [0.5, 0.6) is 0 Å². The van der Waals surface area contributed by atoms with Crippen LogP contribution in [-0.4, -0.2) is 0 Å². The molecule has 0 aliphatic heterocycles. The molecule has 0 atom stereocenters. The zero-order valence-electron chi connectivity index (χ0n) is 8.52. The predicted molar refractivity (Wildman–Crippen MR) is 58.2 cm³/mol. The van der Waals surface area contributed by atoms with Crippen LogP contribution in [0.15, 0.2) is 0 Å². The van der Waals surface area contributed by atoms with Crippen LogP contribution >= 0.6 is 34.4 Å². The van der Waals surface area contributed by atoms with Gasteiger partial charge >= 0.3 is 107 Å². The Morgan fingerprint density at radius 3 is 0.381 bits per heavy atom. The van der Waals surface area contributed by atoms with Gasteiger partial charge in [0.15, 0.2) is 0 Å². The van der Waals surface area contributed by atoms with Crippen LogP contribution in [0, 0.1) is 0 Å². The van der Waals surface area contributed by atoms with E-state index in [1.165, 1.54) is 0 Å². The first-order valence-corrected chi connectivity index (χ1v) is 19.4. The molecule has 0 aliphatic carbocycles. The molecule has 0 nitrogen and oxygen atoms in total. The van der Waals surface area contributed by atoms with E-state index in [-0.39, 0.29) is 0 Å². The molecule has 0 aromatic carbocycles. The Morgan fingerprint density at radius 1 is 0.286 bits per heavy atom. The molecule has 0 aromatic rings. The Balaban J connectivity index is 7.73. The molecular weight excluding hydrogens is 496 g/mol. The zero-order valence-corrected chi connectivity index (χ0v) is 14.6. The minimum absolute atomic E-state index is 10.2. The maximum atomic E-state index is 12.5. The van der Waals surface area contributed by atoms with Crippen molar-refractivity contribution in [1.29, 1.82) is 0 Å². The van der Waals surface area contributed by atoms with Crippen molar-refractivity contribution >= 4 is 34.4 Å². The van der Waals surface area contributed by atoms with E-state index < -0.39 is 44.0 Å². The third-order valence-corrected chi connectivity index (χ3v) is 74.4. The van der Waals surface area contributed by atoms with Crippen LogP contribution in [0.3, 0.4) is 0 Å². The van der Waals surface area contributed by atoms with Gasteiger partial charge in [0, 0.05) is 0 Å². The van der Waals surface area contributed by atoms with Crippen molar-refractivity contribution in [3.63, 3.8) is 0 Å². The summed E-state index contributed by atoms with van der Waals surface area (Å²) in [5.41, 5.74) is 0. The Bertz CT molecular complexity index is 297. The third kappa shape index (κ3) is 2.19. The van der Waals surface area contributed by atoms with E-state index in [9.17, 15) is 63.0 Å². The van der Waals surface area contributed by atoms with E-state index in [1.54, 1.807) is 0 Å². The first kappa shape index (κ1) is 22.6. The molecule has 21 heteroatoms. The van der Waals surface area contributed by atoms with Gasteiger partial charge in [0.2, 0.25) is 0 Å². The number of rotatable bonds is 5. The summed E-state index contributed by atoms with van der Waals surface area (Å²) in [6.45, 7) is -51.2. The van der Waals surface area contributed by atoms with E-state index >= 15 is 0 Å². The van der Waals surface area contributed by atoms with Gasteiger partial charge in [-0.2, -0.15) is 0 Å². The molecule has 0 fully saturated rings. The second-order valence-corrected chi connectivity index (χ2v) is 48.4. The molecule has 0 saturated carbocycles. The average Bonchev–Trinajstić information content (AvgIpc) is 1.85. The van der Waals surface area contributed by atoms with Gasteiger partial charge in [-0.3, -0.25) is 0 Å². The van der Waals surface area contributed by atoms with E-state index in [4.69, 9.17) is 0 Å². The van der Waals surface area contributed by atoms with Crippen molar-refractivity contribution in [1.82, 2.24) is 0 Å². The van der Waals surface area contributed by atoms with Crippen LogP contribution in [-0.2, 0) is 9.58 Å². The Morgan fingerprint density at radius 2 is 0.381 bits per heavy atom. The van der Waals surface area contributed by atoms with E-state index in [2.05, 4.69) is 0 Å². The SMILES string of the molecule is F[PH](F)(F)[Fe]([PH](F)(F)F)([PH](F)(F)F)([PH](F)(F)F)[PH](F)(F)F. The molecule has 0 saturated heterocycles. The molecule has 0 N–H and O–H groups in total. The van der Waals surface area contributed by atoms with Gasteiger partial charge in [0.1, 0.15) is 0 Å². The molecule has 0 amide bonds. The Kier molecular flexibility index (Phi) is 5.72. The Hall–Kier alpha value is 1.62.